The van der Waals surface area contributed by atoms with Crippen molar-refractivity contribution in [2.45, 2.75) is 49.5 Å². The Labute approximate surface area is 144 Å². The van der Waals surface area contributed by atoms with Crippen LogP contribution in [0.5, 0.6) is 0 Å². The largest absolute Gasteiger partial charge is 0.300 e. The smallest absolute Gasteiger partial charge is 0.240 e. The standard InChI is InChI=1S/C17H25ClN2O2S/c18-15-5-7-17(8-6-15)23(21,22)19-13-14-9-11-20(12-10-14)16-3-1-2-4-16/h5-8,14,16,19H,1-4,9-13H2. The minimum Gasteiger partial charge on any atom is -0.300 e. The van der Waals surface area contributed by atoms with Crippen molar-refractivity contribution < 1.29 is 8.42 Å². The van der Waals surface area contributed by atoms with Crippen molar-refractivity contribution in [3.05, 3.63) is 29.3 Å². The summed E-state index contributed by atoms with van der Waals surface area (Å²) in [5.41, 5.74) is 0. The molecular weight excluding hydrogens is 332 g/mol. The SMILES string of the molecule is O=S(=O)(NCC1CCN(C2CCCC2)CC1)c1ccc(Cl)cc1. The van der Waals surface area contributed by atoms with Crippen molar-refractivity contribution in [1.29, 1.82) is 0 Å². The zero-order chi connectivity index (χ0) is 16.3. The number of piperidine rings is 1. The van der Waals surface area contributed by atoms with Gasteiger partial charge in [-0.05, 0) is 69.0 Å². The van der Waals surface area contributed by atoms with E-state index in [1.165, 1.54) is 25.7 Å². The van der Waals surface area contributed by atoms with Gasteiger partial charge in [0.1, 0.15) is 0 Å². The minimum absolute atomic E-state index is 0.283. The quantitative estimate of drug-likeness (QED) is 0.880. The Morgan fingerprint density at radius 1 is 1.04 bits per heavy atom. The molecule has 1 saturated heterocycles. The molecule has 1 aliphatic carbocycles. The number of likely N-dealkylation sites (tertiary alicyclic amines) is 1. The van der Waals surface area contributed by atoms with Crippen molar-refractivity contribution in [3.8, 4) is 0 Å². The maximum absolute atomic E-state index is 12.3. The summed E-state index contributed by atoms with van der Waals surface area (Å²) < 4.78 is 27.3. The van der Waals surface area contributed by atoms with Crippen LogP contribution in [-0.4, -0.2) is 39.0 Å². The Morgan fingerprint density at radius 3 is 2.26 bits per heavy atom. The van der Waals surface area contributed by atoms with Gasteiger partial charge >= 0.3 is 0 Å². The highest BCUT2D eigenvalue weighted by atomic mass is 35.5. The summed E-state index contributed by atoms with van der Waals surface area (Å²) in [5.74, 6) is 0.440. The number of hydrogen-bond acceptors (Lipinski definition) is 3. The Morgan fingerprint density at radius 2 is 1.65 bits per heavy atom. The van der Waals surface area contributed by atoms with Gasteiger partial charge in [-0.25, -0.2) is 13.1 Å². The maximum atomic E-state index is 12.3. The molecular formula is C17H25ClN2O2S. The predicted octanol–water partition coefficient (Wildman–Crippen LogP) is 3.27. The van der Waals surface area contributed by atoms with Crippen LogP contribution in [0.4, 0.5) is 0 Å². The lowest BCUT2D eigenvalue weighted by Crippen LogP contribution is -2.42. The lowest BCUT2D eigenvalue weighted by atomic mass is 9.96. The van der Waals surface area contributed by atoms with E-state index in [0.717, 1.165) is 32.0 Å². The van der Waals surface area contributed by atoms with Crippen molar-refractivity contribution in [2.24, 2.45) is 5.92 Å². The second-order valence-corrected chi connectivity index (χ2v) is 8.93. The van der Waals surface area contributed by atoms with Crippen LogP contribution in [-0.2, 0) is 10.0 Å². The molecule has 6 heteroatoms. The Balaban J connectivity index is 1.48. The highest BCUT2D eigenvalue weighted by molar-refractivity contribution is 7.89. The molecule has 4 nitrogen and oxygen atoms in total. The fraction of sp³-hybridized carbons (Fsp3) is 0.647. The molecule has 0 aromatic heterocycles. The van der Waals surface area contributed by atoms with Gasteiger partial charge < -0.3 is 4.90 Å². The molecule has 1 aliphatic heterocycles. The first kappa shape index (κ1) is 17.2. The van der Waals surface area contributed by atoms with Crippen molar-refractivity contribution >= 4 is 21.6 Å². The van der Waals surface area contributed by atoms with Crippen LogP contribution in [0, 0.1) is 5.92 Å². The fourth-order valence-corrected chi connectivity index (χ4v) is 4.96. The number of rotatable bonds is 5. The Bertz CT molecular complexity index is 604. The second kappa shape index (κ2) is 7.51. The van der Waals surface area contributed by atoms with Gasteiger partial charge in [0, 0.05) is 17.6 Å². The van der Waals surface area contributed by atoms with Crippen LogP contribution in [0.3, 0.4) is 0 Å². The van der Waals surface area contributed by atoms with E-state index >= 15 is 0 Å². The predicted molar refractivity (Wildman–Crippen MR) is 93.2 cm³/mol. The molecule has 1 saturated carbocycles. The average molecular weight is 357 g/mol. The highest BCUT2D eigenvalue weighted by Crippen LogP contribution is 2.27. The monoisotopic (exact) mass is 356 g/mol. The van der Waals surface area contributed by atoms with Crippen LogP contribution in [0.1, 0.15) is 38.5 Å². The van der Waals surface area contributed by atoms with Crippen molar-refractivity contribution in [2.75, 3.05) is 19.6 Å². The molecule has 0 bridgehead atoms. The van der Waals surface area contributed by atoms with Gasteiger partial charge in [0.2, 0.25) is 10.0 Å². The topological polar surface area (TPSA) is 49.4 Å². The summed E-state index contributed by atoms with van der Waals surface area (Å²) in [7, 11) is -3.43. The van der Waals surface area contributed by atoms with E-state index in [-0.39, 0.29) is 4.90 Å². The lowest BCUT2D eigenvalue weighted by Gasteiger charge is -2.36. The summed E-state index contributed by atoms with van der Waals surface area (Å²) in [4.78, 5) is 2.89. The first-order chi connectivity index (χ1) is 11.0. The molecule has 23 heavy (non-hydrogen) atoms. The number of sulfonamides is 1. The second-order valence-electron chi connectivity index (χ2n) is 6.72. The van der Waals surface area contributed by atoms with Crippen LogP contribution in [0.15, 0.2) is 29.2 Å². The third-order valence-electron chi connectivity index (χ3n) is 5.18. The van der Waals surface area contributed by atoms with Gasteiger partial charge in [0.15, 0.2) is 0 Å². The van der Waals surface area contributed by atoms with Crippen LogP contribution < -0.4 is 4.72 Å². The fourth-order valence-electron chi connectivity index (χ4n) is 3.72. The molecule has 0 radical (unpaired) electrons. The molecule has 0 atom stereocenters. The van der Waals surface area contributed by atoms with Gasteiger partial charge in [-0.15, -0.1) is 0 Å². The molecule has 0 unspecified atom stereocenters. The minimum atomic E-state index is -3.43. The van der Waals surface area contributed by atoms with E-state index in [1.54, 1.807) is 24.3 Å². The molecule has 3 rings (SSSR count). The molecule has 1 heterocycles. The first-order valence-electron chi connectivity index (χ1n) is 8.54. The van der Waals surface area contributed by atoms with E-state index in [2.05, 4.69) is 9.62 Å². The van der Waals surface area contributed by atoms with Crippen molar-refractivity contribution in [3.63, 3.8) is 0 Å². The molecule has 1 aromatic rings. The zero-order valence-corrected chi connectivity index (χ0v) is 15.0. The van der Waals surface area contributed by atoms with E-state index in [1.807, 2.05) is 0 Å². The molecule has 2 aliphatic rings. The molecule has 1 N–H and O–H groups in total. The number of halogens is 1. The van der Waals surface area contributed by atoms with Crippen LogP contribution >= 0.6 is 11.6 Å². The van der Waals surface area contributed by atoms with Gasteiger partial charge in [-0.2, -0.15) is 0 Å². The van der Waals surface area contributed by atoms with Gasteiger partial charge in [0.05, 0.1) is 4.90 Å². The van der Waals surface area contributed by atoms with Gasteiger partial charge in [-0.3, -0.25) is 0 Å². The third-order valence-corrected chi connectivity index (χ3v) is 6.87. The van der Waals surface area contributed by atoms with E-state index in [9.17, 15) is 8.42 Å². The number of benzene rings is 1. The maximum Gasteiger partial charge on any atom is 0.240 e. The lowest BCUT2D eigenvalue weighted by molar-refractivity contribution is 0.135. The normalized spacial score (nSPS) is 21.8. The zero-order valence-electron chi connectivity index (χ0n) is 13.4. The Hall–Kier alpha value is -0.620. The summed E-state index contributed by atoms with van der Waals surface area (Å²) in [6.45, 7) is 2.75. The summed E-state index contributed by atoms with van der Waals surface area (Å²) in [6, 6.07) is 7.09. The Kier molecular flexibility index (Phi) is 5.62. The summed E-state index contributed by atoms with van der Waals surface area (Å²) >= 11 is 5.81. The van der Waals surface area contributed by atoms with Gasteiger partial charge in [0.25, 0.3) is 0 Å². The molecule has 1 aromatic carbocycles. The number of hydrogen-bond donors (Lipinski definition) is 1. The molecule has 0 amide bonds. The molecule has 2 fully saturated rings. The van der Waals surface area contributed by atoms with Crippen LogP contribution in [0.25, 0.3) is 0 Å². The number of nitrogens with one attached hydrogen (secondary N) is 1. The average Bonchev–Trinajstić information content (AvgIpc) is 3.08. The van der Waals surface area contributed by atoms with Crippen LogP contribution in [0.2, 0.25) is 5.02 Å². The number of nitrogens with zero attached hydrogens (tertiary/aromatic N) is 1. The summed E-state index contributed by atoms with van der Waals surface area (Å²) in [6.07, 6.45) is 7.58. The van der Waals surface area contributed by atoms with Crippen molar-refractivity contribution in [1.82, 2.24) is 9.62 Å². The highest BCUT2D eigenvalue weighted by Gasteiger charge is 2.27. The molecule has 128 valence electrons. The third kappa shape index (κ3) is 4.47. The molecule has 0 spiro atoms. The van der Waals surface area contributed by atoms with Gasteiger partial charge in [-0.1, -0.05) is 24.4 Å². The van der Waals surface area contributed by atoms with E-state index < -0.39 is 10.0 Å². The van der Waals surface area contributed by atoms with E-state index in [4.69, 9.17) is 11.6 Å². The first-order valence-corrected chi connectivity index (χ1v) is 10.4. The summed E-state index contributed by atoms with van der Waals surface area (Å²) in [5, 5.41) is 0.545. The van der Waals surface area contributed by atoms with E-state index in [0.29, 0.717) is 17.5 Å².